The van der Waals surface area contributed by atoms with E-state index in [0.29, 0.717) is 0 Å². The molecule has 0 aliphatic heterocycles. The van der Waals surface area contributed by atoms with Crippen molar-refractivity contribution in [3.8, 4) is 0 Å². The summed E-state index contributed by atoms with van der Waals surface area (Å²) < 4.78 is 1.23. The van der Waals surface area contributed by atoms with Crippen LogP contribution >= 0.6 is 22.6 Å². The predicted octanol–water partition coefficient (Wildman–Crippen LogP) is 3.23. The van der Waals surface area contributed by atoms with Crippen LogP contribution in [0.4, 0.5) is 0 Å². The van der Waals surface area contributed by atoms with Crippen molar-refractivity contribution in [2.24, 2.45) is 5.92 Å². The third-order valence-corrected chi connectivity index (χ3v) is 2.45. The van der Waals surface area contributed by atoms with Crippen LogP contribution in [-0.2, 0) is 0 Å². The van der Waals surface area contributed by atoms with Crippen LogP contribution in [0.3, 0.4) is 0 Å². The van der Waals surface area contributed by atoms with Gasteiger partial charge in [0.2, 0.25) is 0 Å². The second kappa shape index (κ2) is 9.78. The zero-order valence-corrected chi connectivity index (χ0v) is 10.6. The molecule has 0 aliphatic carbocycles. The number of halogens is 1. The highest BCUT2D eigenvalue weighted by molar-refractivity contribution is 14.1. The lowest BCUT2D eigenvalue weighted by Crippen LogP contribution is -2.17. The summed E-state index contributed by atoms with van der Waals surface area (Å²) in [4.78, 5) is 0. The molecule has 0 saturated heterocycles. The maximum atomic E-state index is 3.42. The Hall–Kier alpha value is 0.690. The molecule has 0 aliphatic rings. The third-order valence-electron chi connectivity index (χ3n) is 1.91. The average molecular weight is 283 g/mol. The number of alkyl halides is 1. The molecule has 0 fully saturated rings. The lowest BCUT2D eigenvalue weighted by molar-refractivity contribution is 0.519. The highest BCUT2D eigenvalue weighted by atomic mass is 127. The normalized spacial score (nSPS) is 11.0. The van der Waals surface area contributed by atoms with E-state index >= 15 is 0 Å². The van der Waals surface area contributed by atoms with Crippen LogP contribution in [0.15, 0.2) is 0 Å². The molecule has 0 aromatic rings. The van der Waals surface area contributed by atoms with Crippen LogP contribution in [-0.4, -0.2) is 17.5 Å². The van der Waals surface area contributed by atoms with Crippen molar-refractivity contribution in [3.05, 3.63) is 0 Å². The zero-order valence-electron chi connectivity index (χ0n) is 8.41. The fourth-order valence-electron chi connectivity index (χ4n) is 1.17. The minimum atomic E-state index is 0.882. The summed E-state index contributed by atoms with van der Waals surface area (Å²) in [6.45, 7) is 6.98. The summed E-state index contributed by atoms with van der Waals surface area (Å²) in [5.41, 5.74) is 0. The first-order chi connectivity index (χ1) is 5.77. The van der Waals surface area contributed by atoms with Gasteiger partial charge in [-0.05, 0) is 18.9 Å². The maximum absolute atomic E-state index is 3.42. The Kier molecular flexibility index (Phi) is 10.3. The lowest BCUT2D eigenvalue weighted by atomic mass is 10.1. The number of nitrogens with one attached hydrogen (secondary N) is 1. The molecule has 0 spiro atoms. The van der Waals surface area contributed by atoms with Gasteiger partial charge in [-0.15, -0.1) is 0 Å². The molecular weight excluding hydrogens is 261 g/mol. The van der Waals surface area contributed by atoms with Crippen LogP contribution in [0.5, 0.6) is 0 Å². The Morgan fingerprint density at radius 1 is 1.08 bits per heavy atom. The molecule has 0 rings (SSSR count). The van der Waals surface area contributed by atoms with Crippen LogP contribution in [0.2, 0.25) is 0 Å². The fourth-order valence-corrected chi connectivity index (χ4v) is 1.55. The van der Waals surface area contributed by atoms with E-state index in [-0.39, 0.29) is 0 Å². The molecular formula is C10H22IN. The summed E-state index contributed by atoms with van der Waals surface area (Å²) in [5, 5.41) is 3.42. The number of unbranched alkanes of at least 4 members (excludes halogenated alkanes) is 2. The Bertz CT molecular complexity index is 83.9. The first-order valence-corrected chi connectivity index (χ1v) is 6.56. The topological polar surface area (TPSA) is 12.0 Å². The van der Waals surface area contributed by atoms with Crippen LogP contribution in [0.25, 0.3) is 0 Å². The van der Waals surface area contributed by atoms with Crippen molar-refractivity contribution in [2.75, 3.05) is 17.5 Å². The maximum Gasteiger partial charge on any atom is 0.0121 e. The van der Waals surface area contributed by atoms with E-state index in [1.807, 2.05) is 0 Å². The summed E-state index contributed by atoms with van der Waals surface area (Å²) in [6, 6.07) is 0. The van der Waals surface area contributed by atoms with E-state index in [4.69, 9.17) is 0 Å². The number of rotatable bonds is 8. The Labute approximate surface area is 90.8 Å². The van der Waals surface area contributed by atoms with Crippen LogP contribution in [0, 0.1) is 5.92 Å². The molecule has 0 aromatic carbocycles. The van der Waals surface area contributed by atoms with Gasteiger partial charge < -0.3 is 5.32 Å². The summed E-state index contributed by atoms with van der Waals surface area (Å²) >= 11 is 2.40. The highest BCUT2D eigenvalue weighted by Gasteiger charge is 1.93. The van der Waals surface area contributed by atoms with Crippen LogP contribution < -0.4 is 5.32 Å². The van der Waals surface area contributed by atoms with E-state index < -0.39 is 0 Å². The Morgan fingerprint density at radius 2 is 1.83 bits per heavy atom. The molecule has 0 radical (unpaired) electrons. The van der Waals surface area contributed by atoms with Gasteiger partial charge in [0, 0.05) is 11.0 Å². The molecule has 1 N–H and O–H groups in total. The highest BCUT2D eigenvalue weighted by Crippen LogP contribution is 2.07. The first kappa shape index (κ1) is 12.7. The lowest BCUT2D eigenvalue weighted by Gasteiger charge is -2.04. The van der Waals surface area contributed by atoms with Gasteiger partial charge in [0.1, 0.15) is 0 Å². The van der Waals surface area contributed by atoms with Gasteiger partial charge in [-0.3, -0.25) is 0 Å². The van der Waals surface area contributed by atoms with E-state index in [9.17, 15) is 0 Å². The molecule has 0 bridgehead atoms. The molecule has 2 heteroatoms. The molecule has 0 unspecified atom stereocenters. The van der Waals surface area contributed by atoms with Crippen molar-refractivity contribution in [3.63, 3.8) is 0 Å². The van der Waals surface area contributed by atoms with Crippen LogP contribution in [0.1, 0.15) is 39.5 Å². The zero-order chi connectivity index (χ0) is 9.23. The molecule has 0 amide bonds. The van der Waals surface area contributed by atoms with Gasteiger partial charge in [0.15, 0.2) is 0 Å². The summed E-state index contributed by atoms with van der Waals surface area (Å²) in [5.74, 6) is 0.882. The minimum absolute atomic E-state index is 0.882. The van der Waals surface area contributed by atoms with Gasteiger partial charge in [-0.25, -0.2) is 0 Å². The Morgan fingerprint density at radius 3 is 2.42 bits per heavy atom. The monoisotopic (exact) mass is 283 g/mol. The quantitative estimate of drug-likeness (QED) is 0.410. The molecule has 0 atom stereocenters. The largest absolute Gasteiger partial charge is 0.316 e. The van der Waals surface area contributed by atoms with E-state index in [2.05, 4.69) is 41.8 Å². The van der Waals surface area contributed by atoms with E-state index in [0.717, 1.165) is 5.92 Å². The molecule has 1 nitrogen and oxygen atoms in total. The predicted molar refractivity (Wildman–Crippen MR) is 65.1 cm³/mol. The minimum Gasteiger partial charge on any atom is -0.316 e. The third kappa shape index (κ3) is 10.7. The molecule has 0 aromatic heterocycles. The first-order valence-electron chi connectivity index (χ1n) is 5.04. The molecule has 0 saturated carbocycles. The van der Waals surface area contributed by atoms with Crippen molar-refractivity contribution < 1.29 is 0 Å². The molecule has 12 heavy (non-hydrogen) atoms. The van der Waals surface area contributed by atoms with E-state index in [1.54, 1.807) is 0 Å². The summed E-state index contributed by atoms with van der Waals surface area (Å²) in [6.07, 6.45) is 5.55. The van der Waals surface area contributed by atoms with E-state index in [1.165, 1.54) is 43.2 Å². The SMILES string of the molecule is CC(C)CCCCCNCCI. The van der Waals surface area contributed by atoms with Gasteiger partial charge in [-0.2, -0.15) is 0 Å². The van der Waals surface area contributed by atoms with Gasteiger partial charge in [0.25, 0.3) is 0 Å². The number of hydrogen-bond acceptors (Lipinski definition) is 1. The summed E-state index contributed by atoms with van der Waals surface area (Å²) in [7, 11) is 0. The molecule has 0 heterocycles. The molecule has 74 valence electrons. The number of hydrogen-bond donors (Lipinski definition) is 1. The van der Waals surface area contributed by atoms with Gasteiger partial charge >= 0.3 is 0 Å². The second-order valence-electron chi connectivity index (χ2n) is 3.68. The van der Waals surface area contributed by atoms with Gasteiger partial charge in [-0.1, -0.05) is 55.7 Å². The van der Waals surface area contributed by atoms with Crippen molar-refractivity contribution in [2.45, 2.75) is 39.5 Å². The van der Waals surface area contributed by atoms with Crippen molar-refractivity contribution in [1.29, 1.82) is 0 Å². The smallest absolute Gasteiger partial charge is 0.0121 e. The Balaban J connectivity index is 2.82. The fraction of sp³-hybridized carbons (Fsp3) is 1.00. The average Bonchev–Trinajstić information content (AvgIpc) is 2.02. The van der Waals surface area contributed by atoms with Gasteiger partial charge in [0.05, 0.1) is 0 Å². The van der Waals surface area contributed by atoms with Crippen molar-refractivity contribution in [1.82, 2.24) is 5.32 Å². The van der Waals surface area contributed by atoms with Crippen molar-refractivity contribution >= 4 is 22.6 Å². The standard InChI is InChI=1S/C10H22IN/c1-10(2)6-4-3-5-8-12-9-7-11/h10,12H,3-9H2,1-2H3. The second-order valence-corrected chi connectivity index (χ2v) is 4.76.